The van der Waals surface area contributed by atoms with Gasteiger partial charge in [0.05, 0.1) is 25.6 Å². The lowest BCUT2D eigenvalue weighted by Gasteiger charge is -2.24. The Morgan fingerprint density at radius 3 is 2.44 bits per heavy atom. The van der Waals surface area contributed by atoms with Gasteiger partial charge in [-0.1, -0.05) is 88.3 Å². The van der Waals surface area contributed by atoms with Crippen LogP contribution in [0.4, 0.5) is 0 Å². The first kappa shape index (κ1) is 21.0. The number of hydrazine groups is 1. The van der Waals surface area contributed by atoms with Crippen molar-refractivity contribution in [3.63, 3.8) is 0 Å². The molecule has 0 aliphatic carbocycles. The summed E-state index contributed by atoms with van der Waals surface area (Å²) in [5, 5.41) is 3.06. The zero-order valence-electron chi connectivity index (χ0n) is 14.0. The molecule has 0 amide bonds. The molecule has 1 aliphatic rings. The smallest absolute Gasteiger partial charge is 0.216 e. The van der Waals surface area contributed by atoms with E-state index in [2.05, 4.69) is 10.4 Å². The van der Waals surface area contributed by atoms with E-state index in [0.717, 1.165) is 11.1 Å². The number of hydrogen-bond acceptors (Lipinski definition) is 4. The largest absolute Gasteiger partial charge is 0.367 e. The van der Waals surface area contributed by atoms with Gasteiger partial charge in [-0.15, -0.1) is 0 Å². The van der Waals surface area contributed by atoms with Crippen LogP contribution in [0.25, 0.3) is 0 Å². The van der Waals surface area contributed by atoms with Gasteiger partial charge in [0.2, 0.25) is 3.79 Å². The first-order valence-electron chi connectivity index (χ1n) is 8.05. The van der Waals surface area contributed by atoms with Crippen molar-refractivity contribution in [3.8, 4) is 0 Å². The number of benzene rings is 2. The fraction of sp³-hybridized carbons (Fsp3) is 0.278. The van der Waals surface area contributed by atoms with Gasteiger partial charge < -0.3 is 10.2 Å². The molecule has 0 aromatic heterocycles. The number of alkyl halides is 3. The van der Waals surface area contributed by atoms with Gasteiger partial charge in [0.1, 0.15) is 6.67 Å². The van der Waals surface area contributed by atoms with Gasteiger partial charge in [-0.2, -0.15) is 5.01 Å². The van der Waals surface area contributed by atoms with E-state index in [4.69, 9.17) is 62.7 Å². The quantitative estimate of drug-likeness (QED) is 0.539. The molecule has 27 heavy (non-hydrogen) atoms. The molecule has 1 aliphatic heterocycles. The fourth-order valence-electron chi connectivity index (χ4n) is 2.60. The maximum absolute atomic E-state index is 6.38. The van der Waals surface area contributed by atoms with Crippen LogP contribution in [-0.2, 0) is 15.1 Å². The molecule has 4 nitrogen and oxygen atoms in total. The van der Waals surface area contributed by atoms with E-state index in [9.17, 15) is 0 Å². The molecule has 2 aromatic rings. The van der Waals surface area contributed by atoms with E-state index in [1.807, 2.05) is 23.2 Å². The number of hydrogen-bond donors (Lipinski definition) is 1. The lowest BCUT2D eigenvalue weighted by molar-refractivity contribution is 0.0110. The van der Waals surface area contributed by atoms with E-state index in [-0.39, 0.29) is 6.10 Å². The predicted molar refractivity (Wildman–Crippen MR) is 113 cm³/mol. The molecule has 1 unspecified atom stereocenters. The van der Waals surface area contributed by atoms with Crippen LogP contribution >= 0.6 is 58.0 Å². The molecule has 1 N–H and O–H groups in total. The number of nitrogens with zero attached hydrogens (tertiary/aromatic N) is 2. The van der Waals surface area contributed by atoms with E-state index < -0.39 is 3.79 Å². The van der Waals surface area contributed by atoms with Crippen molar-refractivity contribution in [2.45, 2.75) is 16.5 Å². The van der Waals surface area contributed by atoms with Gasteiger partial charge in [-0.05, 0) is 17.7 Å². The van der Waals surface area contributed by atoms with E-state index in [0.29, 0.717) is 35.4 Å². The maximum atomic E-state index is 6.38. The third-order valence-corrected chi connectivity index (χ3v) is 5.23. The highest BCUT2D eigenvalue weighted by molar-refractivity contribution is 6.66. The predicted octanol–water partition coefficient (Wildman–Crippen LogP) is 5.88. The average Bonchev–Trinajstić information content (AvgIpc) is 3.12. The van der Waals surface area contributed by atoms with Crippen molar-refractivity contribution >= 4 is 64.3 Å². The standard InChI is InChI=1S/C18H16Cl5N3O/c19-14-5-6-15(16(20)7-14)17(8-26-11-24-10-25-26)27-9-12-1-3-13(4-2-12)18(21,22)23/h1-7,10,17H,8-9,11H2,(H,24,25). The molecule has 0 radical (unpaired) electrons. The average molecular weight is 468 g/mol. The van der Waals surface area contributed by atoms with Crippen molar-refractivity contribution in [1.82, 2.24) is 10.4 Å². The molecule has 1 atom stereocenters. The highest BCUT2D eigenvalue weighted by Crippen LogP contribution is 2.38. The maximum Gasteiger partial charge on any atom is 0.216 e. The van der Waals surface area contributed by atoms with Crippen LogP contribution in [0, 0.1) is 0 Å². The van der Waals surface area contributed by atoms with E-state index >= 15 is 0 Å². The van der Waals surface area contributed by atoms with Crippen molar-refractivity contribution in [1.29, 1.82) is 0 Å². The Morgan fingerprint density at radius 1 is 1.11 bits per heavy atom. The second-order valence-electron chi connectivity index (χ2n) is 5.96. The Kier molecular flexibility index (Phi) is 7.14. The van der Waals surface area contributed by atoms with Gasteiger partial charge in [-0.25, -0.2) is 0 Å². The minimum Gasteiger partial charge on any atom is -0.367 e. The molecule has 9 heteroatoms. The Morgan fingerprint density at radius 2 is 1.85 bits per heavy atom. The zero-order chi connectivity index (χ0) is 19.4. The normalized spacial score (nSPS) is 15.7. The highest BCUT2D eigenvalue weighted by atomic mass is 35.6. The SMILES string of the molecule is Clc1ccc(C(CN2CN=CN2)OCc2ccc(C(Cl)(Cl)Cl)cc2)c(Cl)c1. The van der Waals surface area contributed by atoms with Crippen molar-refractivity contribution in [3.05, 3.63) is 69.2 Å². The summed E-state index contributed by atoms with van der Waals surface area (Å²) in [5.41, 5.74) is 5.47. The van der Waals surface area contributed by atoms with Gasteiger partial charge in [0, 0.05) is 21.2 Å². The molecule has 144 valence electrons. The van der Waals surface area contributed by atoms with E-state index in [1.54, 1.807) is 30.6 Å². The van der Waals surface area contributed by atoms with Crippen LogP contribution in [0.15, 0.2) is 47.5 Å². The number of ether oxygens (including phenoxy) is 1. The topological polar surface area (TPSA) is 36.9 Å². The fourth-order valence-corrected chi connectivity index (χ4v) is 3.51. The molecule has 0 spiro atoms. The van der Waals surface area contributed by atoms with Crippen LogP contribution in [-0.4, -0.2) is 24.6 Å². The van der Waals surface area contributed by atoms with Crippen LogP contribution in [0.2, 0.25) is 10.0 Å². The molecular weight excluding hydrogens is 451 g/mol. The Bertz CT molecular complexity index is 800. The number of rotatable bonds is 6. The first-order chi connectivity index (χ1) is 12.8. The lowest BCUT2D eigenvalue weighted by atomic mass is 10.1. The molecule has 3 rings (SSSR count). The van der Waals surface area contributed by atoms with Crippen molar-refractivity contribution in [2.75, 3.05) is 13.2 Å². The second-order valence-corrected chi connectivity index (χ2v) is 9.09. The molecule has 1 heterocycles. The summed E-state index contributed by atoms with van der Waals surface area (Å²) < 4.78 is 4.71. The van der Waals surface area contributed by atoms with Crippen LogP contribution in [0.3, 0.4) is 0 Å². The Hall–Kier alpha value is -0.720. The number of aliphatic imine (C=N–C) groups is 1. The third-order valence-electron chi connectivity index (χ3n) is 4.01. The second kappa shape index (κ2) is 9.19. The molecule has 2 aromatic carbocycles. The minimum atomic E-state index is -1.44. The summed E-state index contributed by atoms with van der Waals surface area (Å²) in [7, 11) is 0. The highest BCUT2D eigenvalue weighted by Gasteiger charge is 2.23. The number of nitrogens with one attached hydrogen (secondary N) is 1. The molecule has 0 saturated heterocycles. The third kappa shape index (κ3) is 5.88. The summed E-state index contributed by atoms with van der Waals surface area (Å²) in [5.74, 6) is 0. The number of halogens is 5. The Labute approximate surface area is 182 Å². The molecule has 0 bridgehead atoms. The lowest BCUT2D eigenvalue weighted by Crippen LogP contribution is -2.36. The van der Waals surface area contributed by atoms with E-state index in [1.165, 1.54) is 0 Å². The zero-order valence-corrected chi connectivity index (χ0v) is 17.8. The summed E-state index contributed by atoms with van der Waals surface area (Å²) in [4.78, 5) is 4.14. The minimum absolute atomic E-state index is 0.281. The van der Waals surface area contributed by atoms with Crippen LogP contribution in [0.5, 0.6) is 0 Å². The van der Waals surface area contributed by atoms with Gasteiger partial charge in [-0.3, -0.25) is 4.99 Å². The summed E-state index contributed by atoms with van der Waals surface area (Å²) >= 11 is 30.1. The summed E-state index contributed by atoms with van der Waals surface area (Å²) in [6.07, 6.45) is 1.37. The first-order valence-corrected chi connectivity index (χ1v) is 9.94. The van der Waals surface area contributed by atoms with Gasteiger partial charge in [0.15, 0.2) is 0 Å². The molecular formula is C18H16Cl5N3O. The molecule has 0 fully saturated rings. The summed E-state index contributed by atoms with van der Waals surface area (Å²) in [6.45, 7) is 1.48. The molecule has 0 saturated carbocycles. The Balaban J connectivity index is 1.72. The van der Waals surface area contributed by atoms with Crippen molar-refractivity contribution < 1.29 is 4.74 Å². The van der Waals surface area contributed by atoms with Gasteiger partial charge in [0.25, 0.3) is 0 Å². The summed E-state index contributed by atoms with van der Waals surface area (Å²) in [6, 6.07) is 12.7. The van der Waals surface area contributed by atoms with Crippen LogP contribution in [0.1, 0.15) is 22.8 Å². The van der Waals surface area contributed by atoms with Crippen LogP contribution < -0.4 is 5.43 Å². The van der Waals surface area contributed by atoms with Gasteiger partial charge >= 0.3 is 0 Å². The van der Waals surface area contributed by atoms with Crippen molar-refractivity contribution in [2.24, 2.45) is 4.99 Å². The monoisotopic (exact) mass is 465 g/mol.